The van der Waals surface area contributed by atoms with E-state index in [4.69, 9.17) is 13.8 Å². The highest BCUT2D eigenvalue weighted by atomic mass is 16.3. The molecule has 64 heavy (non-hydrogen) atoms. The van der Waals surface area contributed by atoms with Gasteiger partial charge in [0, 0.05) is 49.5 Å². The molecule has 0 spiro atoms. The first kappa shape index (κ1) is 37.2. The monoisotopic (exact) mass is 826 g/mol. The van der Waals surface area contributed by atoms with Gasteiger partial charge in [0.2, 0.25) is 0 Å². The topological polar surface area (TPSA) is 43.6 Å². The van der Waals surface area contributed by atoms with Gasteiger partial charge < -0.3 is 13.4 Å². The SMILES string of the molecule is CC[C@@H]1/C(c2cccc3oc4ccccc4c23)=N\C(c2ccccc2)C(C)CCC1c1cc(-n2c3ccccc3c3cc4ccccc4cc32)c2oc3cc4ccccc4cc3c2c1. The summed E-state index contributed by atoms with van der Waals surface area (Å²) in [7, 11) is 0. The summed E-state index contributed by atoms with van der Waals surface area (Å²) in [4.78, 5) is 5.99. The third-order valence-electron chi connectivity index (χ3n) is 14.5. The number of nitrogens with zero attached hydrogens (tertiary/aromatic N) is 2. The summed E-state index contributed by atoms with van der Waals surface area (Å²) in [6, 6.07) is 66.5. The Bertz CT molecular complexity index is 3830. The molecule has 3 unspecified atom stereocenters. The van der Waals surface area contributed by atoms with E-state index in [0.29, 0.717) is 5.92 Å². The number of rotatable bonds is 5. The molecule has 1 aliphatic rings. The van der Waals surface area contributed by atoms with Gasteiger partial charge >= 0.3 is 0 Å². The zero-order valence-electron chi connectivity index (χ0n) is 36.0. The van der Waals surface area contributed by atoms with Gasteiger partial charge in [0.15, 0.2) is 5.58 Å². The number of furan rings is 2. The number of para-hydroxylation sites is 2. The van der Waals surface area contributed by atoms with Crippen LogP contribution < -0.4 is 0 Å². The molecule has 12 aromatic rings. The zero-order valence-corrected chi connectivity index (χ0v) is 36.0. The average Bonchev–Trinajstić information content (AvgIpc) is 4.00. The van der Waals surface area contributed by atoms with Crippen molar-refractivity contribution >= 4 is 92.9 Å². The van der Waals surface area contributed by atoms with Crippen molar-refractivity contribution in [3.05, 3.63) is 199 Å². The Morgan fingerprint density at radius 3 is 1.98 bits per heavy atom. The highest BCUT2D eigenvalue weighted by molar-refractivity contribution is 6.20. The molecule has 9 aromatic carbocycles. The molecule has 0 bridgehead atoms. The van der Waals surface area contributed by atoms with Crippen LogP contribution in [0.5, 0.6) is 0 Å². The molecule has 4 heteroatoms. The maximum Gasteiger partial charge on any atom is 0.159 e. The molecular weight excluding hydrogens is 781 g/mol. The fourth-order valence-corrected chi connectivity index (χ4v) is 11.4. The number of benzene rings is 9. The maximum atomic E-state index is 7.14. The first-order chi connectivity index (χ1) is 31.6. The van der Waals surface area contributed by atoms with Crippen molar-refractivity contribution < 1.29 is 8.83 Å². The molecule has 0 N–H and O–H groups in total. The Kier molecular flexibility index (Phi) is 8.46. The van der Waals surface area contributed by atoms with E-state index in [9.17, 15) is 0 Å². The lowest BCUT2D eigenvalue weighted by molar-refractivity contribution is 0.362. The van der Waals surface area contributed by atoms with E-state index >= 15 is 0 Å². The fraction of sp³-hybridized carbons (Fsp3) is 0.150. The van der Waals surface area contributed by atoms with Gasteiger partial charge in [0.25, 0.3) is 0 Å². The molecule has 308 valence electrons. The zero-order chi connectivity index (χ0) is 42.5. The molecule has 0 amide bonds. The van der Waals surface area contributed by atoms with Crippen molar-refractivity contribution in [1.82, 2.24) is 4.57 Å². The van der Waals surface area contributed by atoms with Gasteiger partial charge in [0.1, 0.15) is 16.7 Å². The maximum absolute atomic E-state index is 7.14. The van der Waals surface area contributed by atoms with Gasteiger partial charge in [-0.05, 0) is 118 Å². The Balaban J connectivity index is 1.11. The molecule has 4 atom stereocenters. The molecule has 1 aliphatic heterocycles. The summed E-state index contributed by atoms with van der Waals surface area (Å²) >= 11 is 0. The van der Waals surface area contributed by atoms with Crippen LogP contribution in [-0.4, -0.2) is 10.3 Å². The Hall–Kier alpha value is -7.43. The largest absolute Gasteiger partial charge is 0.456 e. The van der Waals surface area contributed by atoms with Gasteiger partial charge in [-0.2, -0.15) is 0 Å². The van der Waals surface area contributed by atoms with Gasteiger partial charge in [-0.1, -0.05) is 141 Å². The van der Waals surface area contributed by atoms with Crippen molar-refractivity contribution in [3.8, 4) is 5.69 Å². The van der Waals surface area contributed by atoms with Crippen LogP contribution in [0.25, 0.3) is 92.9 Å². The Morgan fingerprint density at radius 2 is 1.19 bits per heavy atom. The molecule has 4 nitrogen and oxygen atoms in total. The summed E-state index contributed by atoms with van der Waals surface area (Å²) in [5.41, 5.74) is 12.0. The van der Waals surface area contributed by atoms with E-state index in [-0.39, 0.29) is 17.9 Å². The van der Waals surface area contributed by atoms with E-state index in [1.807, 2.05) is 0 Å². The summed E-state index contributed by atoms with van der Waals surface area (Å²) < 4.78 is 16.2. The van der Waals surface area contributed by atoms with Crippen molar-refractivity contribution in [2.45, 2.75) is 45.1 Å². The average molecular weight is 827 g/mol. The van der Waals surface area contributed by atoms with Crippen molar-refractivity contribution in [2.24, 2.45) is 16.8 Å². The molecule has 0 radical (unpaired) electrons. The van der Waals surface area contributed by atoms with Crippen LogP contribution in [0, 0.1) is 11.8 Å². The molecule has 0 saturated carbocycles. The van der Waals surface area contributed by atoms with E-state index in [2.05, 4.69) is 200 Å². The summed E-state index contributed by atoms with van der Waals surface area (Å²) in [6.07, 6.45) is 2.99. The first-order valence-corrected chi connectivity index (χ1v) is 22.9. The fourth-order valence-electron chi connectivity index (χ4n) is 11.4. The lowest BCUT2D eigenvalue weighted by Gasteiger charge is -2.35. The highest BCUT2D eigenvalue weighted by Gasteiger charge is 2.35. The standard InChI is InChI=1S/C60H46N2O2/c1-3-43-44(29-28-36(2)58(37-16-5-4-6-17-37)61-59(43)47-24-15-27-55-57(47)46-23-12-14-26-54(46)63-55)42-32-50-49-31-39-19-8-10-21-41(39)35-56(49)64-60(50)53(34-42)62-51-25-13-11-22-45(51)48-30-38-18-7-9-20-40(38)33-52(48)62/h4-27,30-36,43-44,58H,3,28-29H2,1-2H3/b61-59+/t36?,43-,44?,58?/m0/s1. The van der Waals surface area contributed by atoms with Gasteiger partial charge in [-0.15, -0.1) is 0 Å². The van der Waals surface area contributed by atoms with Crippen LogP contribution in [-0.2, 0) is 0 Å². The molecular formula is C60H46N2O2. The second-order valence-electron chi connectivity index (χ2n) is 18.1. The number of fused-ring (bicyclic) bond motifs is 11. The third kappa shape index (κ3) is 5.71. The van der Waals surface area contributed by atoms with Gasteiger partial charge in [-0.25, -0.2) is 0 Å². The molecule has 13 rings (SSSR count). The van der Waals surface area contributed by atoms with E-state index in [0.717, 1.165) is 74.5 Å². The smallest absolute Gasteiger partial charge is 0.159 e. The van der Waals surface area contributed by atoms with E-state index in [1.165, 1.54) is 60.0 Å². The summed E-state index contributed by atoms with van der Waals surface area (Å²) in [6.45, 7) is 4.77. The predicted molar refractivity (Wildman–Crippen MR) is 267 cm³/mol. The van der Waals surface area contributed by atoms with E-state index in [1.54, 1.807) is 0 Å². The van der Waals surface area contributed by atoms with Crippen LogP contribution in [0.1, 0.15) is 61.8 Å². The number of hydrogen-bond acceptors (Lipinski definition) is 3. The Morgan fingerprint density at radius 1 is 0.516 bits per heavy atom. The first-order valence-electron chi connectivity index (χ1n) is 22.9. The minimum atomic E-state index is 0.0242. The van der Waals surface area contributed by atoms with Crippen LogP contribution in [0.4, 0.5) is 0 Å². The third-order valence-corrected chi connectivity index (χ3v) is 14.5. The second-order valence-corrected chi connectivity index (χ2v) is 18.1. The number of aromatic nitrogens is 1. The molecule has 4 heterocycles. The van der Waals surface area contributed by atoms with Crippen LogP contribution in [0.2, 0.25) is 0 Å². The van der Waals surface area contributed by atoms with Crippen molar-refractivity contribution in [3.63, 3.8) is 0 Å². The highest BCUT2D eigenvalue weighted by Crippen LogP contribution is 2.47. The quantitative estimate of drug-likeness (QED) is 0.173. The van der Waals surface area contributed by atoms with Crippen LogP contribution >= 0.6 is 0 Å². The lowest BCUT2D eigenvalue weighted by atomic mass is 9.73. The van der Waals surface area contributed by atoms with Gasteiger partial charge in [0.05, 0.1) is 22.8 Å². The summed E-state index contributed by atoms with van der Waals surface area (Å²) in [5, 5.41) is 11.9. The number of aliphatic imine (C=N–C) groups is 1. The van der Waals surface area contributed by atoms with Crippen molar-refractivity contribution in [2.75, 3.05) is 0 Å². The Labute approximate surface area is 371 Å². The van der Waals surface area contributed by atoms with Crippen molar-refractivity contribution in [1.29, 1.82) is 0 Å². The molecule has 0 aliphatic carbocycles. The van der Waals surface area contributed by atoms with Crippen LogP contribution in [0.15, 0.2) is 196 Å². The lowest BCUT2D eigenvalue weighted by Crippen LogP contribution is -2.28. The number of hydrogen-bond donors (Lipinski definition) is 0. The predicted octanol–water partition coefficient (Wildman–Crippen LogP) is 16.7. The molecule has 3 aromatic heterocycles. The minimum absolute atomic E-state index is 0.0242. The molecule has 0 fully saturated rings. The van der Waals surface area contributed by atoms with Gasteiger partial charge in [-0.3, -0.25) is 4.99 Å². The normalized spacial score (nSPS) is 19.3. The van der Waals surface area contributed by atoms with Crippen LogP contribution in [0.3, 0.4) is 0 Å². The summed E-state index contributed by atoms with van der Waals surface area (Å²) in [5.74, 6) is 0.594. The minimum Gasteiger partial charge on any atom is -0.456 e. The van der Waals surface area contributed by atoms with E-state index < -0.39 is 0 Å². The molecule has 0 saturated heterocycles. The second kappa shape index (κ2) is 14.6.